The highest BCUT2D eigenvalue weighted by Gasteiger charge is 2.25. The number of benzene rings is 1. The van der Waals surface area contributed by atoms with Crippen molar-refractivity contribution in [3.8, 4) is 0 Å². The van der Waals surface area contributed by atoms with Crippen LogP contribution in [-0.2, 0) is 11.3 Å². The first-order valence-corrected chi connectivity index (χ1v) is 7.68. The highest BCUT2D eigenvalue weighted by Crippen LogP contribution is 2.26. The van der Waals surface area contributed by atoms with Crippen LogP contribution in [0.25, 0.3) is 0 Å². The van der Waals surface area contributed by atoms with Gasteiger partial charge in [-0.2, -0.15) is 0 Å². The Morgan fingerprint density at radius 2 is 2.05 bits per heavy atom. The molecule has 0 bridgehead atoms. The van der Waals surface area contributed by atoms with E-state index in [-0.39, 0.29) is 11.9 Å². The molecule has 1 saturated carbocycles. The van der Waals surface area contributed by atoms with Crippen LogP contribution in [0, 0.1) is 5.92 Å². The number of rotatable bonds is 4. The summed E-state index contributed by atoms with van der Waals surface area (Å²) in [5.41, 5.74) is 7.10. The third-order valence-electron chi connectivity index (χ3n) is 4.20. The van der Waals surface area contributed by atoms with E-state index in [0.717, 1.165) is 18.4 Å². The minimum atomic E-state index is 0.160. The molecule has 1 aromatic carbocycles. The molecule has 0 saturated heterocycles. The van der Waals surface area contributed by atoms with Crippen LogP contribution >= 0.6 is 11.6 Å². The molecule has 2 unspecified atom stereocenters. The molecule has 0 aliphatic heterocycles. The molecule has 4 heteroatoms. The molecule has 2 rings (SSSR count). The summed E-state index contributed by atoms with van der Waals surface area (Å²) in [6.45, 7) is 0.556. The van der Waals surface area contributed by atoms with E-state index in [9.17, 15) is 4.79 Å². The van der Waals surface area contributed by atoms with Gasteiger partial charge in [0.25, 0.3) is 0 Å². The van der Waals surface area contributed by atoms with Gasteiger partial charge in [0.15, 0.2) is 0 Å². The van der Waals surface area contributed by atoms with Gasteiger partial charge in [0, 0.05) is 31.1 Å². The van der Waals surface area contributed by atoms with Crippen molar-refractivity contribution in [3.05, 3.63) is 34.9 Å². The Balaban J connectivity index is 1.90. The number of nitrogens with two attached hydrogens (primary N) is 1. The molecular weight excluding hydrogens is 272 g/mol. The lowest BCUT2D eigenvalue weighted by Crippen LogP contribution is -2.37. The lowest BCUT2D eigenvalue weighted by Gasteiger charge is -2.29. The normalized spacial score (nSPS) is 22.6. The first-order chi connectivity index (χ1) is 9.58. The predicted octanol–water partition coefficient (Wildman–Crippen LogP) is 3.21. The average Bonchev–Trinajstić information content (AvgIpc) is 2.43. The Labute approximate surface area is 126 Å². The Kier molecular flexibility index (Phi) is 5.44. The van der Waals surface area contributed by atoms with Crippen molar-refractivity contribution < 1.29 is 4.79 Å². The first-order valence-electron chi connectivity index (χ1n) is 7.31. The second-order valence-electron chi connectivity index (χ2n) is 5.75. The molecule has 1 aliphatic carbocycles. The molecule has 1 aromatic rings. The SMILES string of the molecule is CN(Cc1ccccc1Cl)C(=O)CC1CCCCC1N. The van der Waals surface area contributed by atoms with Crippen LogP contribution in [0.15, 0.2) is 24.3 Å². The lowest BCUT2D eigenvalue weighted by molar-refractivity contribution is -0.131. The van der Waals surface area contributed by atoms with Crippen molar-refractivity contribution >= 4 is 17.5 Å². The van der Waals surface area contributed by atoms with Crippen molar-refractivity contribution in [1.29, 1.82) is 0 Å². The van der Waals surface area contributed by atoms with Crippen molar-refractivity contribution in [2.75, 3.05) is 7.05 Å². The zero-order valence-corrected chi connectivity index (χ0v) is 12.8. The maximum absolute atomic E-state index is 12.3. The number of carbonyl (C=O) groups is 1. The second-order valence-corrected chi connectivity index (χ2v) is 6.16. The molecular formula is C16H23ClN2O. The molecule has 0 heterocycles. The number of hydrogen-bond acceptors (Lipinski definition) is 2. The van der Waals surface area contributed by atoms with Crippen LogP contribution in [-0.4, -0.2) is 23.9 Å². The standard InChI is InChI=1S/C16H23ClN2O/c1-19(11-13-7-2-4-8-14(13)17)16(20)10-12-6-3-5-9-15(12)18/h2,4,7-8,12,15H,3,5-6,9-11,18H2,1H3. The fourth-order valence-corrected chi connectivity index (χ4v) is 3.04. The zero-order valence-electron chi connectivity index (χ0n) is 12.0. The van der Waals surface area contributed by atoms with Crippen LogP contribution in [0.1, 0.15) is 37.7 Å². The van der Waals surface area contributed by atoms with Gasteiger partial charge in [-0.05, 0) is 30.4 Å². The average molecular weight is 295 g/mol. The molecule has 1 fully saturated rings. The van der Waals surface area contributed by atoms with E-state index in [4.69, 9.17) is 17.3 Å². The highest BCUT2D eigenvalue weighted by molar-refractivity contribution is 6.31. The molecule has 2 atom stereocenters. The van der Waals surface area contributed by atoms with Crippen molar-refractivity contribution in [2.24, 2.45) is 11.7 Å². The van der Waals surface area contributed by atoms with Crippen molar-refractivity contribution in [3.63, 3.8) is 0 Å². The Morgan fingerprint density at radius 3 is 2.75 bits per heavy atom. The number of amides is 1. The van der Waals surface area contributed by atoms with Gasteiger partial charge in [-0.1, -0.05) is 42.6 Å². The van der Waals surface area contributed by atoms with Crippen LogP contribution in [0.4, 0.5) is 0 Å². The summed E-state index contributed by atoms with van der Waals surface area (Å²) >= 11 is 6.13. The zero-order chi connectivity index (χ0) is 14.5. The Bertz CT molecular complexity index is 464. The number of carbonyl (C=O) groups excluding carboxylic acids is 1. The second kappa shape index (κ2) is 7.09. The summed E-state index contributed by atoms with van der Waals surface area (Å²) in [7, 11) is 1.83. The lowest BCUT2D eigenvalue weighted by atomic mass is 9.83. The summed E-state index contributed by atoms with van der Waals surface area (Å²) in [4.78, 5) is 14.1. The summed E-state index contributed by atoms with van der Waals surface area (Å²) in [6.07, 6.45) is 5.07. The number of halogens is 1. The topological polar surface area (TPSA) is 46.3 Å². The molecule has 110 valence electrons. The fourth-order valence-electron chi connectivity index (χ4n) is 2.84. The summed E-state index contributed by atoms with van der Waals surface area (Å²) < 4.78 is 0. The van der Waals surface area contributed by atoms with E-state index in [0.29, 0.717) is 23.9 Å². The molecule has 1 amide bonds. The van der Waals surface area contributed by atoms with Gasteiger partial charge in [0.1, 0.15) is 0 Å². The van der Waals surface area contributed by atoms with Crippen LogP contribution in [0.5, 0.6) is 0 Å². The third-order valence-corrected chi connectivity index (χ3v) is 4.56. The van der Waals surface area contributed by atoms with E-state index < -0.39 is 0 Å². The van der Waals surface area contributed by atoms with Crippen LogP contribution in [0.2, 0.25) is 5.02 Å². The third kappa shape index (κ3) is 3.97. The van der Waals surface area contributed by atoms with Gasteiger partial charge < -0.3 is 10.6 Å². The minimum Gasteiger partial charge on any atom is -0.341 e. The van der Waals surface area contributed by atoms with E-state index in [2.05, 4.69) is 0 Å². The summed E-state index contributed by atoms with van der Waals surface area (Å²) in [5, 5.41) is 0.710. The largest absolute Gasteiger partial charge is 0.341 e. The van der Waals surface area contributed by atoms with E-state index in [1.807, 2.05) is 31.3 Å². The van der Waals surface area contributed by atoms with Crippen molar-refractivity contribution in [1.82, 2.24) is 4.90 Å². The van der Waals surface area contributed by atoms with Gasteiger partial charge in [-0.3, -0.25) is 4.79 Å². The summed E-state index contributed by atoms with van der Waals surface area (Å²) in [5.74, 6) is 0.497. The quantitative estimate of drug-likeness (QED) is 0.927. The molecule has 20 heavy (non-hydrogen) atoms. The molecule has 3 nitrogen and oxygen atoms in total. The van der Waals surface area contributed by atoms with E-state index in [1.165, 1.54) is 12.8 Å². The minimum absolute atomic E-state index is 0.160. The predicted molar refractivity (Wildman–Crippen MR) is 82.5 cm³/mol. The van der Waals surface area contributed by atoms with Crippen molar-refractivity contribution in [2.45, 2.75) is 44.7 Å². The molecule has 1 aliphatic rings. The smallest absolute Gasteiger partial charge is 0.222 e. The fraction of sp³-hybridized carbons (Fsp3) is 0.562. The monoisotopic (exact) mass is 294 g/mol. The summed E-state index contributed by atoms with van der Waals surface area (Å²) in [6, 6.07) is 7.83. The molecule has 0 spiro atoms. The maximum atomic E-state index is 12.3. The van der Waals surface area contributed by atoms with Gasteiger partial charge in [-0.25, -0.2) is 0 Å². The van der Waals surface area contributed by atoms with E-state index >= 15 is 0 Å². The maximum Gasteiger partial charge on any atom is 0.222 e. The van der Waals surface area contributed by atoms with Gasteiger partial charge >= 0.3 is 0 Å². The molecule has 2 N–H and O–H groups in total. The Hall–Kier alpha value is -1.06. The Morgan fingerprint density at radius 1 is 1.35 bits per heavy atom. The number of nitrogens with zero attached hydrogens (tertiary/aromatic N) is 1. The van der Waals surface area contributed by atoms with Gasteiger partial charge in [0.05, 0.1) is 0 Å². The van der Waals surface area contributed by atoms with Gasteiger partial charge in [-0.15, -0.1) is 0 Å². The first kappa shape index (κ1) is 15.3. The van der Waals surface area contributed by atoms with Gasteiger partial charge in [0.2, 0.25) is 5.91 Å². The van der Waals surface area contributed by atoms with E-state index in [1.54, 1.807) is 4.90 Å². The molecule has 0 radical (unpaired) electrons. The highest BCUT2D eigenvalue weighted by atomic mass is 35.5. The number of hydrogen-bond donors (Lipinski definition) is 1. The molecule has 0 aromatic heterocycles. The van der Waals surface area contributed by atoms with Crippen LogP contribution < -0.4 is 5.73 Å². The van der Waals surface area contributed by atoms with Crippen LogP contribution in [0.3, 0.4) is 0 Å².